The summed E-state index contributed by atoms with van der Waals surface area (Å²) in [5.41, 5.74) is 6.90. The smallest absolute Gasteiger partial charge is 0.140 e. The lowest BCUT2D eigenvalue weighted by Gasteiger charge is -2.06. The topological polar surface area (TPSA) is 51.8 Å². The van der Waals surface area contributed by atoms with E-state index in [9.17, 15) is 0 Å². The van der Waals surface area contributed by atoms with Crippen LogP contribution in [0, 0.1) is 3.57 Å². The van der Waals surface area contributed by atoms with Crippen LogP contribution in [0.25, 0.3) is 0 Å². The number of anilines is 1. The Morgan fingerprint density at radius 2 is 2.15 bits per heavy atom. The van der Waals surface area contributed by atoms with Crippen LogP contribution in [0.3, 0.4) is 0 Å². The summed E-state index contributed by atoms with van der Waals surface area (Å²) in [5.74, 6) is 2.19. The van der Waals surface area contributed by atoms with Crippen molar-refractivity contribution in [3.05, 3.63) is 15.1 Å². The molecule has 0 spiro atoms. The van der Waals surface area contributed by atoms with Gasteiger partial charge in [-0.3, -0.25) is 0 Å². The Bertz CT molecular complexity index is 334. The molecule has 0 amide bonds. The molecule has 0 bridgehead atoms. The van der Waals surface area contributed by atoms with Crippen LogP contribution in [-0.2, 0) is 6.42 Å². The number of hydrogen-bond donors (Lipinski definition) is 1. The Hall–Kier alpha value is -0.390. The molecule has 0 aliphatic heterocycles. The number of nitrogen functional groups attached to an aromatic ring is 1. The fourth-order valence-electron chi connectivity index (χ4n) is 1.29. The highest BCUT2D eigenvalue weighted by molar-refractivity contribution is 14.1. The maximum atomic E-state index is 5.80. The predicted octanol–water partition coefficient (Wildman–Crippen LogP) is 2.10. The van der Waals surface area contributed by atoms with Crippen molar-refractivity contribution in [1.29, 1.82) is 0 Å². The summed E-state index contributed by atoms with van der Waals surface area (Å²) in [7, 11) is 0. The quantitative estimate of drug-likeness (QED) is 0.848. The van der Waals surface area contributed by atoms with E-state index in [-0.39, 0.29) is 0 Å². The second kappa shape index (κ2) is 3.40. The van der Waals surface area contributed by atoms with Crippen molar-refractivity contribution in [3.63, 3.8) is 0 Å². The van der Waals surface area contributed by atoms with Gasteiger partial charge in [0.2, 0.25) is 0 Å². The van der Waals surface area contributed by atoms with Crippen molar-refractivity contribution in [2.45, 2.75) is 32.1 Å². The summed E-state index contributed by atoms with van der Waals surface area (Å²) >= 11 is 2.22. The molecule has 1 aromatic heterocycles. The van der Waals surface area contributed by atoms with Crippen molar-refractivity contribution in [2.75, 3.05) is 5.73 Å². The molecule has 0 aromatic carbocycles. The largest absolute Gasteiger partial charge is 0.383 e. The number of aryl methyl sites for hydroxylation is 1. The SMILES string of the molecule is CCc1nc(C2CC2)nc(N)c1I. The van der Waals surface area contributed by atoms with Gasteiger partial charge in [-0.25, -0.2) is 9.97 Å². The summed E-state index contributed by atoms with van der Waals surface area (Å²) in [6.07, 6.45) is 3.39. The predicted molar refractivity (Wildman–Crippen MR) is 60.5 cm³/mol. The molecule has 3 nitrogen and oxygen atoms in total. The van der Waals surface area contributed by atoms with Crippen molar-refractivity contribution < 1.29 is 0 Å². The highest BCUT2D eigenvalue weighted by Crippen LogP contribution is 2.38. The van der Waals surface area contributed by atoms with E-state index in [0.29, 0.717) is 11.7 Å². The number of halogens is 1. The number of nitrogens with zero attached hydrogens (tertiary/aromatic N) is 2. The zero-order valence-corrected chi connectivity index (χ0v) is 9.71. The van der Waals surface area contributed by atoms with Gasteiger partial charge in [0.1, 0.15) is 11.6 Å². The van der Waals surface area contributed by atoms with Gasteiger partial charge >= 0.3 is 0 Å². The molecule has 1 heterocycles. The molecule has 0 radical (unpaired) electrons. The van der Waals surface area contributed by atoms with Crippen molar-refractivity contribution in [1.82, 2.24) is 9.97 Å². The van der Waals surface area contributed by atoms with E-state index < -0.39 is 0 Å². The first-order chi connectivity index (χ1) is 6.22. The molecule has 0 atom stereocenters. The fraction of sp³-hybridized carbons (Fsp3) is 0.556. The third-order valence-corrected chi connectivity index (χ3v) is 3.42. The van der Waals surface area contributed by atoms with E-state index in [4.69, 9.17) is 5.73 Å². The molecule has 13 heavy (non-hydrogen) atoms. The van der Waals surface area contributed by atoms with Crippen LogP contribution in [0.1, 0.15) is 37.2 Å². The van der Waals surface area contributed by atoms with E-state index >= 15 is 0 Å². The molecule has 1 fully saturated rings. The molecule has 1 aliphatic rings. The lowest BCUT2D eigenvalue weighted by Crippen LogP contribution is -2.05. The second-order valence-electron chi connectivity index (χ2n) is 3.36. The van der Waals surface area contributed by atoms with Gasteiger partial charge in [-0.2, -0.15) is 0 Å². The monoisotopic (exact) mass is 289 g/mol. The maximum absolute atomic E-state index is 5.80. The van der Waals surface area contributed by atoms with Crippen molar-refractivity contribution >= 4 is 28.4 Å². The van der Waals surface area contributed by atoms with Crippen molar-refractivity contribution in [2.24, 2.45) is 0 Å². The molecule has 0 saturated heterocycles. The van der Waals surface area contributed by atoms with Crippen LogP contribution >= 0.6 is 22.6 Å². The Kier molecular flexibility index (Phi) is 2.40. The van der Waals surface area contributed by atoms with E-state index in [2.05, 4.69) is 39.5 Å². The van der Waals surface area contributed by atoms with E-state index in [1.54, 1.807) is 0 Å². The molecule has 1 aliphatic carbocycles. The number of hydrogen-bond acceptors (Lipinski definition) is 3. The Labute approximate surface area is 91.3 Å². The molecular weight excluding hydrogens is 277 g/mol. The second-order valence-corrected chi connectivity index (χ2v) is 4.43. The van der Waals surface area contributed by atoms with E-state index in [1.165, 1.54) is 12.8 Å². The molecule has 0 unspecified atom stereocenters. The minimum absolute atomic E-state index is 0.588. The number of aromatic nitrogens is 2. The third-order valence-electron chi connectivity index (χ3n) is 2.24. The average molecular weight is 289 g/mol. The molecule has 1 aromatic rings. The number of rotatable bonds is 2. The number of nitrogens with two attached hydrogens (primary N) is 1. The summed E-state index contributed by atoms with van der Waals surface area (Å²) in [6.45, 7) is 2.10. The van der Waals surface area contributed by atoms with Gasteiger partial charge in [-0.1, -0.05) is 6.92 Å². The van der Waals surface area contributed by atoms with Gasteiger partial charge in [0, 0.05) is 5.92 Å². The normalized spacial score (nSPS) is 16.2. The van der Waals surface area contributed by atoms with E-state index in [0.717, 1.165) is 21.5 Å². The van der Waals surface area contributed by atoms with Crippen LogP contribution < -0.4 is 5.73 Å². The molecule has 2 N–H and O–H groups in total. The lowest BCUT2D eigenvalue weighted by atomic mass is 10.3. The average Bonchev–Trinajstić information content (AvgIpc) is 2.92. The maximum Gasteiger partial charge on any atom is 0.140 e. The van der Waals surface area contributed by atoms with Gasteiger partial charge in [0.05, 0.1) is 9.26 Å². The Morgan fingerprint density at radius 3 is 2.69 bits per heavy atom. The molecular formula is C9H12IN3. The summed E-state index contributed by atoms with van der Waals surface area (Å²) in [5, 5.41) is 0. The summed E-state index contributed by atoms with van der Waals surface area (Å²) in [4.78, 5) is 8.82. The highest BCUT2D eigenvalue weighted by Gasteiger charge is 2.27. The first kappa shape index (κ1) is 9.18. The Morgan fingerprint density at radius 1 is 1.46 bits per heavy atom. The molecule has 2 rings (SSSR count). The summed E-state index contributed by atoms with van der Waals surface area (Å²) < 4.78 is 1.02. The molecule has 70 valence electrons. The third kappa shape index (κ3) is 1.77. The first-order valence-electron chi connectivity index (χ1n) is 4.54. The van der Waals surface area contributed by atoms with Gasteiger partial charge < -0.3 is 5.73 Å². The fourth-order valence-corrected chi connectivity index (χ4v) is 1.91. The standard InChI is InChI=1S/C9H12IN3/c1-2-6-7(10)8(11)13-9(12-6)5-3-4-5/h5H,2-4H2,1H3,(H2,11,12,13). The van der Waals surface area contributed by atoms with Gasteiger partial charge in [-0.15, -0.1) is 0 Å². The zero-order chi connectivity index (χ0) is 9.42. The van der Waals surface area contributed by atoms with E-state index in [1.807, 2.05) is 0 Å². The zero-order valence-electron chi connectivity index (χ0n) is 7.55. The first-order valence-corrected chi connectivity index (χ1v) is 5.62. The van der Waals surface area contributed by atoms with Gasteiger partial charge in [-0.05, 0) is 41.9 Å². The van der Waals surface area contributed by atoms with Crippen LogP contribution in [0.4, 0.5) is 5.82 Å². The lowest BCUT2D eigenvalue weighted by molar-refractivity contribution is 0.875. The van der Waals surface area contributed by atoms with Gasteiger partial charge in [0.25, 0.3) is 0 Å². The molecule has 1 saturated carbocycles. The Balaban J connectivity index is 2.43. The van der Waals surface area contributed by atoms with Gasteiger partial charge in [0.15, 0.2) is 0 Å². The van der Waals surface area contributed by atoms with Crippen LogP contribution in [0.2, 0.25) is 0 Å². The van der Waals surface area contributed by atoms with Crippen LogP contribution in [0.15, 0.2) is 0 Å². The minimum atomic E-state index is 0.588. The molecule has 4 heteroatoms. The van der Waals surface area contributed by atoms with Crippen LogP contribution in [-0.4, -0.2) is 9.97 Å². The minimum Gasteiger partial charge on any atom is -0.383 e. The van der Waals surface area contributed by atoms with Crippen LogP contribution in [0.5, 0.6) is 0 Å². The summed E-state index contributed by atoms with van der Waals surface area (Å²) in [6, 6.07) is 0. The van der Waals surface area contributed by atoms with Crippen molar-refractivity contribution in [3.8, 4) is 0 Å². The highest BCUT2D eigenvalue weighted by atomic mass is 127.